The lowest BCUT2D eigenvalue weighted by Gasteiger charge is -2.57. The van der Waals surface area contributed by atoms with Gasteiger partial charge in [-0.15, -0.1) is 0 Å². The van der Waals surface area contributed by atoms with Crippen molar-refractivity contribution in [3.63, 3.8) is 0 Å². The normalized spacial score (nSPS) is 25.2. The number of nitrogens with zero attached hydrogens (tertiary/aromatic N) is 2. The number of sulfonamides is 1. The smallest absolute Gasteiger partial charge is 0.244 e. The highest BCUT2D eigenvalue weighted by atomic mass is 32.2. The zero-order valence-corrected chi connectivity index (χ0v) is 26.5. The molecular formula is C34H47N3O4S. The summed E-state index contributed by atoms with van der Waals surface area (Å²) in [6, 6.07) is 15.0. The number of aryl methyl sites for hydroxylation is 1. The lowest BCUT2D eigenvalue weighted by Crippen LogP contribution is -2.52. The number of carbonyl (C=O) groups is 2. The molecule has 0 aliphatic heterocycles. The predicted molar refractivity (Wildman–Crippen MR) is 168 cm³/mol. The minimum atomic E-state index is -3.77. The fourth-order valence-corrected chi connectivity index (χ4v) is 9.17. The first-order chi connectivity index (χ1) is 20.0. The van der Waals surface area contributed by atoms with Crippen molar-refractivity contribution in [1.82, 2.24) is 10.2 Å². The molecule has 42 heavy (non-hydrogen) atoms. The summed E-state index contributed by atoms with van der Waals surface area (Å²) in [6.45, 7) is 6.23. The van der Waals surface area contributed by atoms with E-state index in [-0.39, 0.29) is 24.4 Å². The van der Waals surface area contributed by atoms with Crippen LogP contribution in [0, 0.1) is 24.7 Å². The van der Waals surface area contributed by atoms with E-state index in [4.69, 9.17) is 0 Å². The summed E-state index contributed by atoms with van der Waals surface area (Å²) in [5.41, 5.74) is 3.95. The Labute approximate surface area is 252 Å². The van der Waals surface area contributed by atoms with E-state index < -0.39 is 22.0 Å². The highest BCUT2D eigenvalue weighted by Crippen LogP contribution is 2.60. The molecule has 228 valence electrons. The van der Waals surface area contributed by atoms with Crippen molar-refractivity contribution >= 4 is 27.5 Å². The molecule has 0 radical (unpaired) electrons. The Bertz CT molecular complexity index is 1350. The molecule has 0 spiro atoms. The van der Waals surface area contributed by atoms with Crippen molar-refractivity contribution in [3.8, 4) is 0 Å². The van der Waals surface area contributed by atoms with Gasteiger partial charge in [-0.2, -0.15) is 0 Å². The van der Waals surface area contributed by atoms with E-state index in [1.807, 2.05) is 57.2 Å². The molecule has 0 saturated heterocycles. The van der Waals surface area contributed by atoms with Gasteiger partial charge in [0.2, 0.25) is 21.8 Å². The summed E-state index contributed by atoms with van der Waals surface area (Å²) in [4.78, 5) is 28.7. The topological polar surface area (TPSA) is 86.8 Å². The fraction of sp³-hybridized carbons (Fsp3) is 0.588. The maximum Gasteiger partial charge on any atom is 0.244 e. The fourth-order valence-electron chi connectivity index (χ4n) is 8.32. The van der Waals surface area contributed by atoms with Gasteiger partial charge in [0.05, 0.1) is 11.9 Å². The molecule has 8 heteroatoms. The van der Waals surface area contributed by atoms with Gasteiger partial charge in [-0.1, -0.05) is 50.2 Å². The molecule has 0 aromatic heterocycles. The number of amides is 2. The van der Waals surface area contributed by atoms with Crippen LogP contribution in [-0.4, -0.2) is 50.5 Å². The quantitative estimate of drug-likeness (QED) is 0.349. The van der Waals surface area contributed by atoms with Gasteiger partial charge in [0.25, 0.3) is 0 Å². The molecule has 2 aromatic carbocycles. The van der Waals surface area contributed by atoms with Crippen molar-refractivity contribution < 1.29 is 18.0 Å². The molecule has 4 fully saturated rings. The van der Waals surface area contributed by atoms with Gasteiger partial charge in [0.1, 0.15) is 12.6 Å². The summed E-state index contributed by atoms with van der Waals surface area (Å²) < 4.78 is 27.4. The lowest BCUT2D eigenvalue weighted by molar-refractivity contribution is -0.140. The molecule has 2 amide bonds. The van der Waals surface area contributed by atoms with Gasteiger partial charge in [0.15, 0.2) is 0 Å². The van der Waals surface area contributed by atoms with Crippen LogP contribution in [0.15, 0.2) is 48.5 Å². The van der Waals surface area contributed by atoms with Crippen molar-refractivity contribution in [2.75, 3.05) is 23.7 Å². The monoisotopic (exact) mass is 593 g/mol. The zero-order valence-electron chi connectivity index (χ0n) is 25.6. The van der Waals surface area contributed by atoms with E-state index in [1.165, 1.54) is 48.4 Å². The molecular weight excluding hydrogens is 546 g/mol. The lowest BCUT2D eigenvalue weighted by atomic mass is 9.48. The van der Waals surface area contributed by atoms with Crippen LogP contribution in [0.25, 0.3) is 0 Å². The summed E-state index contributed by atoms with van der Waals surface area (Å²) in [5, 5.41) is 2.93. The molecule has 0 unspecified atom stereocenters. The van der Waals surface area contributed by atoms with E-state index in [0.717, 1.165) is 41.6 Å². The third-order valence-electron chi connectivity index (χ3n) is 10.0. The number of anilines is 1. The Hall–Kier alpha value is -2.87. The second-order valence-electron chi connectivity index (χ2n) is 13.2. The maximum atomic E-state index is 14.0. The third kappa shape index (κ3) is 6.38. The molecule has 7 nitrogen and oxygen atoms in total. The maximum absolute atomic E-state index is 14.0. The summed E-state index contributed by atoms with van der Waals surface area (Å²) in [7, 11) is -3.77. The third-order valence-corrected chi connectivity index (χ3v) is 11.2. The van der Waals surface area contributed by atoms with E-state index >= 15 is 0 Å². The minimum absolute atomic E-state index is 0.212. The van der Waals surface area contributed by atoms with E-state index in [0.29, 0.717) is 18.7 Å². The molecule has 4 aliphatic carbocycles. The van der Waals surface area contributed by atoms with Gasteiger partial charge in [0, 0.05) is 13.1 Å². The second-order valence-corrected chi connectivity index (χ2v) is 15.1. The predicted octanol–water partition coefficient (Wildman–Crippen LogP) is 5.56. The Kier molecular flexibility index (Phi) is 9.02. The SMILES string of the molecule is CCCNC(=O)[C@H](CC)N(Cc1ccccc1C)C(=O)CN(c1ccc(C23CC4CC(CC(C4)C2)C3)cc1)S(C)(=O)=O. The summed E-state index contributed by atoms with van der Waals surface area (Å²) in [6.07, 6.45) is 10.2. The molecule has 4 bridgehead atoms. The van der Waals surface area contributed by atoms with E-state index in [2.05, 4.69) is 17.4 Å². The molecule has 4 aliphatic rings. The Morgan fingerprint density at radius 3 is 2.07 bits per heavy atom. The number of hydrogen-bond acceptors (Lipinski definition) is 4. The van der Waals surface area contributed by atoms with Crippen LogP contribution < -0.4 is 9.62 Å². The largest absolute Gasteiger partial charge is 0.354 e. The van der Waals surface area contributed by atoms with Gasteiger partial charge in [-0.05, 0) is 110 Å². The molecule has 4 saturated carbocycles. The van der Waals surface area contributed by atoms with Gasteiger partial charge < -0.3 is 10.2 Å². The van der Waals surface area contributed by atoms with Crippen LogP contribution in [-0.2, 0) is 31.6 Å². The Balaban J connectivity index is 1.40. The van der Waals surface area contributed by atoms with Crippen LogP contribution in [0.3, 0.4) is 0 Å². The summed E-state index contributed by atoms with van der Waals surface area (Å²) >= 11 is 0. The van der Waals surface area contributed by atoms with Crippen molar-refractivity contribution in [3.05, 3.63) is 65.2 Å². The minimum Gasteiger partial charge on any atom is -0.354 e. The Morgan fingerprint density at radius 2 is 1.55 bits per heavy atom. The molecule has 1 atom stereocenters. The molecule has 1 N–H and O–H groups in total. The standard InChI is InChI=1S/C34H47N3O4S/c1-5-15-35-33(39)31(6-2)36(22-28-10-8-7-9-24(28)3)32(38)23-37(42(4,40)41)30-13-11-29(12-14-30)34-19-25-16-26(20-34)18-27(17-25)21-34/h7-14,25-27,31H,5-6,15-23H2,1-4H3,(H,35,39)/t25?,26?,27?,31-,34?/m0/s1. The number of nitrogens with one attached hydrogen (secondary N) is 1. The van der Waals surface area contributed by atoms with Gasteiger partial charge in [-0.3, -0.25) is 13.9 Å². The molecule has 2 aromatic rings. The highest BCUT2D eigenvalue weighted by Gasteiger charge is 2.51. The van der Waals surface area contributed by atoms with Gasteiger partial charge >= 0.3 is 0 Å². The number of benzene rings is 2. The average Bonchev–Trinajstić information content (AvgIpc) is 2.94. The Morgan fingerprint density at radius 1 is 0.952 bits per heavy atom. The van der Waals surface area contributed by atoms with Crippen molar-refractivity contribution in [1.29, 1.82) is 0 Å². The number of hydrogen-bond donors (Lipinski definition) is 1. The van der Waals surface area contributed by atoms with Crippen LogP contribution in [0.4, 0.5) is 5.69 Å². The van der Waals surface area contributed by atoms with Crippen LogP contribution in [0.2, 0.25) is 0 Å². The first-order valence-electron chi connectivity index (χ1n) is 15.7. The molecule has 0 heterocycles. The van der Waals surface area contributed by atoms with E-state index in [1.54, 1.807) is 4.90 Å². The van der Waals surface area contributed by atoms with E-state index in [9.17, 15) is 18.0 Å². The van der Waals surface area contributed by atoms with Crippen molar-refractivity contribution in [2.45, 2.75) is 90.1 Å². The number of rotatable bonds is 12. The average molecular weight is 594 g/mol. The first kappa shape index (κ1) is 30.6. The first-order valence-corrected chi connectivity index (χ1v) is 17.6. The van der Waals surface area contributed by atoms with Crippen LogP contribution in [0.5, 0.6) is 0 Å². The highest BCUT2D eigenvalue weighted by molar-refractivity contribution is 7.92. The second kappa shape index (κ2) is 12.4. The summed E-state index contributed by atoms with van der Waals surface area (Å²) in [5.74, 6) is 1.85. The van der Waals surface area contributed by atoms with Gasteiger partial charge in [-0.25, -0.2) is 8.42 Å². The number of carbonyl (C=O) groups excluding carboxylic acids is 2. The van der Waals surface area contributed by atoms with Crippen molar-refractivity contribution in [2.24, 2.45) is 17.8 Å². The zero-order chi connectivity index (χ0) is 30.1. The van der Waals surface area contributed by atoms with Crippen LogP contribution in [0.1, 0.15) is 81.9 Å². The van der Waals surface area contributed by atoms with Crippen LogP contribution >= 0.6 is 0 Å². The molecule has 6 rings (SSSR count).